The van der Waals surface area contributed by atoms with Crippen LogP contribution >= 0.6 is 0 Å². The standard InChI is InChI=1S/C26H29FN6O2/c1-32-8-10-33(11-9-32)24(34)15-19-5-2-4-18(12-19)14-23-29-17-22(25(28)35)26(31-23)30-16-20-6-3-7-21(27)13-20/h2-7,12-13,17H,8-11,14-16H2,1H3,(H2,28,35)(H,29,30,31). The smallest absolute Gasteiger partial charge is 0.254 e. The van der Waals surface area contributed by atoms with E-state index in [1.165, 1.54) is 18.3 Å². The molecule has 2 heterocycles. The fourth-order valence-electron chi connectivity index (χ4n) is 4.03. The van der Waals surface area contributed by atoms with Crippen molar-refractivity contribution in [3.8, 4) is 0 Å². The zero-order valence-electron chi connectivity index (χ0n) is 19.7. The van der Waals surface area contributed by atoms with Gasteiger partial charge in [0.25, 0.3) is 5.91 Å². The first-order valence-corrected chi connectivity index (χ1v) is 11.6. The van der Waals surface area contributed by atoms with E-state index in [-0.39, 0.29) is 23.8 Å². The number of carbonyl (C=O) groups is 2. The highest BCUT2D eigenvalue weighted by Gasteiger charge is 2.19. The molecule has 2 aromatic carbocycles. The topological polar surface area (TPSA) is 104 Å². The average Bonchev–Trinajstić information content (AvgIpc) is 2.83. The molecule has 1 aromatic heterocycles. The van der Waals surface area contributed by atoms with E-state index in [1.54, 1.807) is 12.1 Å². The Morgan fingerprint density at radius 2 is 1.74 bits per heavy atom. The van der Waals surface area contributed by atoms with Crippen LogP contribution in [0.3, 0.4) is 0 Å². The zero-order chi connectivity index (χ0) is 24.8. The first-order valence-electron chi connectivity index (χ1n) is 11.6. The number of hydrogen-bond donors (Lipinski definition) is 2. The number of rotatable bonds is 8. The summed E-state index contributed by atoms with van der Waals surface area (Å²) in [5.41, 5.74) is 8.25. The number of amides is 2. The summed E-state index contributed by atoms with van der Waals surface area (Å²) in [6.07, 6.45) is 2.17. The molecule has 1 fully saturated rings. The van der Waals surface area contributed by atoms with Crippen LogP contribution in [0.1, 0.15) is 32.9 Å². The number of primary amides is 1. The molecule has 0 aliphatic carbocycles. The molecular weight excluding hydrogens is 447 g/mol. The first kappa shape index (κ1) is 24.3. The van der Waals surface area contributed by atoms with Crippen LogP contribution in [0.15, 0.2) is 54.7 Å². The van der Waals surface area contributed by atoms with E-state index in [4.69, 9.17) is 5.73 Å². The quantitative estimate of drug-likeness (QED) is 0.517. The Hall–Kier alpha value is -3.85. The molecule has 2 amide bonds. The van der Waals surface area contributed by atoms with Gasteiger partial charge in [0, 0.05) is 45.3 Å². The summed E-state index contributed by atoms with van der Waals surface area (Å²) in [5, 5.41) is 3.07. The van der Waals surface area contributed by atoms with Crippen LogP contribution in [0.25, 0.3) is 0 Å². The van der Waals surface area contributed by atoms with Gasteiger partial charge in [-0.3, -0.25) is 9.59 Å². The number of hydrogen-bond acceptors (Lipinski definition) is 6. The fraction of sp³-hybridized carbons (Fsp3) is 0.308. The van der Waals surface area contributed by atoms with Crippen molar-refractivity contribution in [1.29, 1.82) is 0 Å². The molecule has 0 radical (unpaired) electrons. The van der Waals surface area contributed by atoms with E-state index in [0.29, 0.717) is 30.0 Å². The predicted molar refractivity (Wildman–Crippen MR) is 131 cm³/mol. The second-order valence-corrected chi connectivity index (χ2v) is 8.75. The van der Waals surface area contributed by atoms with Gasteiger partial charge in [0.1, 0.15) is 17.5 Å². The third-order valence-corrected chi connectivity index (χ3v) is 6.02. The summed E-state index contributed by atoms with van der Waals surface area (Å²) in [4.78, 5) is 37.5. The fourth-order valence-corrected chi connectivity index (χ4v) is 4.03. The Morgan fingerprint density at radius 1 is 1.03 bits per heavy atom. The highest BCUT2D eigenvalue weighted by Crippen LogP contribution is 2.17. The molecule has 0 bridgehead atoms. The number of nitrogens with one attached hydrogen (secondary N) is 1. The van der Waals surface area contributed by atoms with Gasteiger partial charge < -0.3 is 20.9 Å². The minimum Gasteiger partial charge on any atom is -0.365 e. The molecule has 3 N–H and O–H groups in total. The maximum absolute atomic E-state index is 13.5. The van der Waals surface area contributed by atoms with Crippen molar-refractivity contribution in [1.82, 2.24) is 19.8 Å². The van der Waals surface area contributed by atoms with Crippen molar-refractivity contribution in [3.05, 3.63) is 88.6 Å². The Balaban J connectivity index is 1.45. The van der Waals surface area contributed by atoms with Crippen LogP contribution in [0.5, 0.6) is 0 Å². The number of likely N-dealkylation sites (N-methyl/N-ethyl adjacent to an activating group) is 1. The summed E-state index contributed by atoms with van der Waals surface area (Å²) in [6.45, 7) is 3.55. The number of nitrogens with two attached hydrogens (primary N) is 1. The van der Waals surface area contributed by atoms with Gasteiger partial charge in [-0.05, 0) is 35.9 Å². The highest BCUT2D eigenvalue weighted by molar-refractivity contribution is 5.97. The third kappa shape index (κ3) is 6.60. The van der Waals surface area contributed by atoms with E-state index in [9.17, 15) is 14.0 Å². The lowest BCUT2D eigenvalue weighted by Crippen LogP contribution is -2.47. The van der Waals surface area contributed by atoms with E-state index < -0.39 is 5.91 Å². The third-order valence-electron chi connectivity index (χ3n) is 6.02. The van der Waals surface area contributed by atoms with Crippen molar-refractivity contribution in [3.63, 3.8) is 0 Å². The predicted octanol–water partition coefficient (Wildman–Crippen LogP) is 2.23. The lowest BCUT2D eigenvalue weighted by atomic mass is 10.0. The largest absolute Gasteiger partial charge is 0.365 e. The van der Waals surface area contributed by atoms with E-state index in [2.05, 4.69) is 27.2 Å². The molecule has 0 spiro atoms. The van der Waals surface area contributed by atoms with E-state index in [0.717, 1.165) is 37.3 Å². The summed E-state index contributed by atoms with van der Waals surface area (Å²) < 4.78 is 13.5. The molecule has 4 rings (SSSR count). The molecule has 0 atom stereocenters. The van der Waals surface area contributed by atoms with Gasteiger partial charge in [-0.25, -0.2) is 14.4 Å². The van der Waals surface area contributed by atoms with Crippen molar-refractivity contribution in [2.45, 2.75) is 19.4 Å². The van der Waals surface area contributed by atoms with Crippen molar-refractivity contribution < 1.29 is 14.0 Å². The Kier molecular flexibility index (Phi) is 7.67. The molecular formula is C26H29FN6O2. The monoisotopic (exact) mass is 476 g/mol. The van der Waals surface area contributed by atoms with Gasteiger partial charge in [0.2, 0.25) is 5.91 Å². The van der Waals surface area contributed by atoms with Gasteiger partial charge in [-0.2, -0.15) is 0 Å². The molecule has 35 heavy (non-hydrogen) atoms. The number of anilines is 1. The number of halogens is 1. The lowest BCUT2D eigenvalue weighted by Gasteiger charge is -2.32. The number of benzene rings is 2. The van der Waals surface area contributed by atoms with Crippen molar-refractivity contribution in [2.75, 3.05) is 38.5 Å². The second-order valence-electron chi connectivity index (χ2n) is 8.75. The van der Waals surface area contributed by atoms with Gasteiger partial charge in [0.05, 0.1) is 12.0 Å². The lowest BCUT2D eigenvalue weighted by molar-refractivity contribution is -0.132. The van der Waals surface area contributed by atoms with Crippen LogP contribution in [0.4, 0.5) is 10.2 Å². The molecule has 8 nitrogen and oxygen atoms in total. The Bertz CT molecular complexity index is 1210. The van der Waals surface area contributed by atoms with Gasteiger partial charge in [-0.1, -0.05) is 36.4 Å². The van der Waals surface area contributed by atoms with Crippen LogP contribution in [0, 0.1) is 5.82 Å². The molecule has 0 unspecified atom stereocenters. The SMILES string of the molecule is CN1CCN(C(=O)Cc2cccc(Cc3ncc(C(N)=O)c(NCc4cccc(F)c4)n3)c2)CC1. The van der Waals surface area contributed by atoms with Crippen LogP contribution in [0.2, 0.25) is 0 Å². The van der Waals surface area contributed by atoms with Crippen molar-refractivity contribution >= 4 is 17.6 Å². The van der Waals surface area contributed by atoms with Gasteiger partial charge >= 0.3 is 0 Å². The maximum Gasteiger partial charge on any atom is 0.254 e. The molecule has 182 valence electrons. The first-order chi connectivity index (χ1) is 16.9. The summed E-state index contributed by atoms with van der Waals surface area (Å²) >= 11 is 0. The van der Waals surface area contributed by atoms with Gasteiger partial charge in [-0.15, -0.1) is 0 Å². The van der Waals surface area contributed by atoms with Crippen LogP contribution in [-0.4, -0.2) is 64.8 Å². The molecule has 9 heteroatoms. The second kappa shape index (κ2) is 11.1. The van der Waals surface area contributed by atoms with Crippen LogP contribution < -0.4 is 11.1 Å². The minimum atomic E-state index is -0.650. The summed E-state index contributed by atoms with van der Waals surface area (Å²) in [7, 11) is 2.06. The minimum absolute atomic E-state index is 0.126. The maximum atomic E-state index is 13.5. The number of nitrogens with zero attached hydrogens (tertiary/aromatic N) is 4. The zero-order valence-corrected chi connectivity index (χ0v) is 19.7. The molecule has 3 aromatic rings. The van der Waals surface area contributed by atoms with Gasteiger partial charge in [0.15, 0.2) is 0 Å². The summed E-state index contributed by atoms with van der Waals surface area (Å²) in [5.74, 6) is -0.0647. The molecule has 1 aliphatic heterocycles. The number of piperazine rings is 1. The van der Waals surface area contributed by atoms with E-state index >= 15 is 0 Å². The summed E-state index contributed by atoms with van der Waals surface area (Å²) in [6, 6.07) is 14.0. The molecule has 1 saturated heterocycles. The van der Waals surface area contributed by atoms with Crippen LogP contribution in [-0.2, 0) is 24.2 Å². The number of aromatic nitrogens is 2. The normalized spacial score (nSPS) is 14.1. The highest BCUT2D eigenvalue weighted by atomic mass is 19.1. The molecule has 0 saturated carbocycles. The molecule has 1 aliphatic rings. The van der Waals surface area contributed by atoms with E-state index in [1.807, 2.05) is 29.2 Å². The van der Waals surface area contributed by atoms with Crippen molar-refractivity contribution in [2.24, 2.45) is 5.73 Å². The Morgan fingerprint density at radius 3 is 2.49 bits per heavy atom. The number of carbonyl (C=O) groups excluding carboxylic acids is 2. The average molecular weight is 477 g/mol. The Labute approximate surface area is 204 Å².